The van der Waals surface area contributed by atoms with Crippen LogP contribution in [0, 0.1) is 6.92 Å². The minimum absolute atomic E-state index is 0.0245. The second kappa shape index (κ2) is 11.2. The third-order valence-corrected chi connectivity index (χ3v) is 8.93. The van der Waals surface area contributed by atoms with Gasteiger partial charge in [-0.05, 0) is 61.3 Å². The molecule has 2 aliphatic heterocycles. The molecule has 3 amide bonds. The van der Waals surface area contributed by atoms with Gasteiger partial charge in [0.15, 0.2) is 0 Å². The Hall–Kier alpha value is -3.17. The highest BCUT2D eigenvalue weighted by Gasteiger charge is 2.38. The molecule has 3 aromatic rings. The largest absolute Gasteiger partial charge is 0.496 e. The van der Waals surface area contributed by atoms with Gasteiger partial charge in [-0.3, -0.25) is 14.4 Å². The van der Waals surface area contributed by atoms with Crippen LogP contribution in [-0.4, -0.2) is 70.6 Å². The van der Waals surface area contributed by atoms with E-state index in [0.717, 1.165) is 58.3 Å². The summed E-state index contributed by atoms with van der Waals surface area (Å²) >= 11 is 10.7. The Labute approximate surface area is 250 Å². The first-order valence-electron chi connectivity index (χ1n) is 14.2. The zero-order chi connectivity index (χ0) is 28.8. The Morgan fingerprint density at radius 1 is 1.15 bits per heavy atom. The monoisotopic (exact) mass is 594 g/mol. The molecule has 0 atom stereocenters. The van der Waals surface area contributed by atoms with E-state index in [4.69, 9.17) is 16.3 Å². The summed E-state index contributed by atoms with van der Waals surface area (Å²) in [6.07, 6.45) is 3.09. The Balaban J connectivity index is 1.31. The first-order chi connectivity index (χ1) is 19.8. The van der Waals surface area contributed by atoms with Gasteiger partial charge in [-0.1, -0.05) is 23.7 Å². The number of aromatic nitrogens is 1. The van der Waals surface area contributed by atoms with E-state index in [1.54, 1.807) is 12.0 Å². The van der Waals surface area contributed by atoms with Crippen LogP contribution in [0.4, 0.5) is 0 Å². The van der Waals surface area contributed by atoms with Crippen molar-refractivity contribution in [3.8, 4) is 5.75 Å². The number of rotatable bonds is 8. The predicted octanol–water partition coefficient (Wildman–Crippen LogP) is 4.33. The van der Waals surface area contributed by atoms with Crippen LogP contribution in [0.2, 0.25) is 5.02 Å². The maximum absolute atomic E-state index is 14.3. The quantitative estimate of drug-likeness (QED) is 0.380. The lowest BCUT2D eigenvalue weighted by Gasteiger charge is -2.39. The molecule has 1 saturated heterocycles. The molecule has 6 rings (SSSR count). The van der Waals surface area contributed by atoms with Crippen molar-refractivity contribution < 1.29 is 19.1 Å². The summed E-state index contributed by atoms with van der Waals surface area (Å²) in [6.45, 7) is 4.21. The molecule has 0 spiro atoms. The van der Waals surface area contributed by atoms with Gasteiger partial charge in [0, 0.05) is 60.2 Å². The molecule has 3 aliphatic rings. The van der Waals surface area contributed by atoms with Crippen molar-refractivity contribution >= 4 is 52.9 Å². The number of halogens is 1. The van der Waals surface area contributed by atoms with Gasteiger partial charge < -0.3 is 24.4 Å². The number of ether oxygens (including phenoxy) is 1. The number of hydrogen-bond acceptors (Lipinski definition) is 5. The summed E-state index contributed by atoms with van der Waals surface area (Å²) < 4.78 is 7.61. The number of likely N-dealkylation sites (tertiary alicyclic amines) is 1. The predicted molar refractivity (Wildman–Crippen MR) is 162 cm³/mol. The molecular weight excluding hydrogens is 560 g/mol. The number of nitrogens with one attached hydrogen (secondary N) is 1. The minimum atomic E-state index is -0.123. The summed E-state index contributed by atoms with van der Waals surface area (Å²) in [6, 6.07) is 9.68. The average molecular weight is 595 g/mol. The second-order valence-electron chi connectivity index (χ2n) is 11.4. The second-order valence-corrected chi connectivity index (χ2v) is 12.2. The first-order valence-corrected chi connectivity index (χ1v) is 15.2. The number of hydrogen-bond donors (Lipinski definition) is 2. The van der Waals surface area contributed by atoms with Gasteiger partial charge >= 0.3 is 0 Å². The third kappa shape index (κ3) is 5.30. The van der Waals surface area contributed by atoms with Crippen LogP contribution in [0.25, 0.3) is 10.9 Å². The molecule has 216 valence electrons. The van der Waals surface area contributed by atoms with Crippen molar-refractivity contribution in [3.05, 3.63) is 63.3 Å². The van der Waals surface area contributed by atoms with Crippen LogP contribution in [0.15, 0.2) is 30.3 Å². The fraction of sp³-hybridized carbons (Fsp3) is 0.452. The van der Waals surface area contributed by atoms with Gasteiger partial charge in [0.2, 0.25) is 11.8 Å². The number of aryl methyl sites for hydroxylation is 1. The highest BCUT2D eigenvalue weighted by molar-refractivity contribution is 7.80. The topological polar surface area (TPSA) is 83.9 Å². The minimum Gasteiger partial charge on any atom is -0.496 e. The molecule has 1 aliphatic carbocycles. The third-order valence-electron chi connectivity index (χ3n) is 8.49. The molecule has 1 aromatic heterocycles. The molecule has 8 nitrogen and oxygen atoms in total. The number of fused-ring (bicyclic) bond motifs is 2. The number of carbonyl (C=O) groups is 3. The van der Waals surface area contributed by atoms with Gasteiger partial charge in [-0.2, -0.15) is 12.6 Å². The van der Waals surface area contributed by atoms with Crippen LogP contribution in [0.3, 0.4) is 0 Å². The molecular formula is C31H35ClN4O4S. The molecule has 0 radical (unpaired) electrons. The van der Waals surface area contributed by atoms with E-state index >= 15 is 0 Å². The molecule has 2 fully saturated rings. The van der Waals surface area contributed by atoms with E-state index in [1.807, 2.05) is 40.7 Å². The zero-order valence-electron chi connectivity index (χ0n) is 23.4. The molecule has 1 N–H and O–H groups in total. The van der Waals surface area contributed by atoms with Crippen molar-refractivity contribution in [2.75, 3.05) is 32.5 Å². The van der Waals surface area contributed by atoms with Gasteiger partial charge in [0.05, 0.1) is 24.2 Å². The fourth-order valence-corrected chi connectivity index (χ4v) is 6.85. The number of amides is 3. The van der Waals surface area contributed by atoms with Gasteiger partial charge in [-0.25, -0.2) is 0 Å². The average Bonchev–Trinajstić information content (AvgIpc) is 3.71. The van der Waals surface area contributed by atoms with Crippen LogP contribution in [0.5, 0.6) is 5.75 Å². The van der Waals surface area contributed by atoms with E-state index in [2.05, 4.69) is 24.0 Å². The van der Waals surface area contributed by atoms with E-state index in [1.165, 1.54) is 0 Å². The highest BCUT2D eigenvalue weighted by Crippen LogP contribution is 2.46. The van der Waals surface area contributed by atoms with Crippen molar-refractivity contribution in [3.63, 3.8) is 0 Å². The molecule has 1 saturated carbocycles. The Morgan fingerprint density at radius 2 is 1.93 bits per heavy atom. The van der Waals surface area contributed by atoms with Crippen molar-refractivity contribution in [2.24, 2.45) is 0 Å². The SMILES string of the molecule is COc1cccc2c1CCN(C(=O)c1c(C3CC3)n(CC(=O)NC3CN(C(=O)CCS)C3)c3c(C)cc(Cl)cc13)C2. The summed E-state index contributed by atoms with van der Waals surface area (Å²) in [5.41, 5.74) is 5.66. The van der Waals surface area contributed by atoms with Gasteiger partial charge in [-0.15, -0.1) is 0 Å². The van der Waals surface area contributed by atoms with Crippen LogP contribution < -0.4 is 10.1 Å². The summed E-state index contributed by atoms with van der Waals surface area (Å²) in [5.74, 6) is 1.51. The molecule has 10 heteroatoms. The van der Waals surface area contributed by atoms with Gasteiger partial charge in [0.1, 0.15) is 12.3 Å². The van der Waals surface area contributed by atoms with Crippen molar-refractivity contribution in [1.82, 2.24) is 19.7 Å². The number of thiol groups is 1. The molecule has 0 unspecified atom stereocenters. The summed E-state index contributed by atoms with van der Waals surface area (Å²) in [5, 5.41) is 4.47. The molecule has 41 heavy (non-hydrogen) atoms. The van der Waals surface area contributed by atoms with E-state index in [-0.39, 0.29) is 36.2 Å². The Kier molecular flexibility index (Phi) is 7.68. The van der Waals surface area contributed by atoms with Crippen LogP contribution in [-0.2, 0) is 29.1 Å². The molecule has 0 bridgehead atoms. The maximum Gasteiger partial charge on any atom is 0.256 e. The lowest BCUT2D eigenvalue weighted by Crippen LogP contribution is -2.61. The van der Waals surface area contributed by atoms with E-state index < -0.39 is 0 Å². The number of benzene rings is 2. The lowest BCUT2D eigenvalue weighted by molar-refractivity contribution is -0.137. The molecule has 2 aromatic carbocycles. The lowest BCUT2D eigenvalue weighted by atomic mass is 9.97. The maximum atomic E-state index is 14.3. The summed E-state index contributed by atoms with van der Waals surface area (Å²) in [4.78, 5) is 43.4. The summed E-state index contributed by atoms with van der Waals surface area (Å²) in [7, 11) is 1.68. The number of nitrogens with zero attached hydrogens (tertiary/aromatic N) is 3. The van der Waals surface area contributed by atoms with Gasteiger partial charge in [0.25, 0.3) is 5.91 Å². The van der Waals surface area contributed by atoms with Crippen LogP contribution in [0.1, 0.15) is 57.9 Å². The van der Waals surface area contributed by atoms with Crippen LogP contribution >= 0.6 is 24.2 Å². The van der Waals surface area contributed by atoms with E-state index in [0.29, 0.717) is 48.9 Å². The smallest absolute Gasteiger partial charge is 0.256 e. The van der Waals surface area contributed by atoms with Crippen molar-refractivity contribution in [2.45, 2.75) is 57.7 Å². The van der Waals surface area contributed by atoms with E-state index in [9.17, 15) is 14.4 Å². The normalized spacial score (nSPS) is 16.9. The number of carbonyl (C=O) groups excluding carboxylic acids is 3. The van der Waals surface area contributed by atoms with Crippen molar-refractivity contribution in [1.29, 1.82) is 0 Å². The zero-order valence-corrected chi connectivity index (χ0v) is 25.1. The first kappa shape index (κ1) is 28.0. The standard InChI is InChI=1S/C31H35ClN4O4S/c1-18-12-21(32)13-24-28(31(39)34-10-8-23-20(14-34)4-3-5-25(23)40-2)30(19-6-7-19)36(29(18)24)17-26(37)33-22-15-35(16-22)27(38)9-11-41/h3-5,12-13,19,22,41H,6-11,14-17H2,1-2H3,(H,33,37). The molecule has 3 heterocycles. The Morgan fingerprint density at radius 3 is 2.63 bits per heavy atom. The number of methoxy groups -OCH3 is 1. The highest BCUT2D eigenvalue weighted by atomic mass is 35.5. The fourth-order valence-electron chi connectivity index (χ4n) is 6.39. The Bertz CT molecular complexity index is 1540.